The van der Waals surface area contributed by atoms with E-state index in [0.29, 0.717) is 12.5 Å². The third-order valence-corrected chi connectivity index (χ3v) is 7.42. The Morgan fingerprint density at radius 2 is 1.92 bits per heavy atom. The number of nitrogens with one attached hydrogen (secondary N) is 1. The van der Waals surface area contributed by atoms with Gasteiger partial charge >= 0.3 is 11.9 Å². The lowest BCUT2D eigenvalue weighted by atomic mass is 9.84. The van der Waals surface area contributed by atoms with Crippen LogP contribution < -0.4 is 5.32 Å². The molecule has 1 aliphatic carbocycles. The van der Waals surface area contributed by atoms with E-state index >= 15 is 0 Å². The molecule has 0 saturated heterocycles. The quantitative estimate of drug-likeness (QED) is 0.206. The zero-order valence-corrected chi connectivity index (χ0v) is 23.2. The first-order chi connectivity index (χ1) is 17.3. The molecule has 36 heavy (non-hydrogen) atoms. The first-order valence-electron chi connectivity index (χ1n) is 13.5. The minimum atomic E-state index is -0.529. The van der Waals surface area contributed by atoms with Gasteiger partial charge in [0.05, 0.1) is 17.6 Å². The summed E-state index contributed by atoms with van der Waals surface area (Å²) in [5.41, 5.74) is 1.27. The molecular weight excluding hydrogens is 474 g/mol. The molecule has 0 bridgehead atoms. The number of rotatable bonds is 13. The molecule has 3 rings (SSSR count). The number of hydrogen-bond donors (Lipinski definition) is 1. The number of unbranched alkanes of at least 4 members (excludes halogenated alkanes) is 1. The number of hydrogen-bond acceptors (Lipinski definition) is 7. The van der Waals surface area contributed by atoms with Crippen molar-refractivity contribution in [3.63, 3.8) is 0 Å². The Morgan fingerprint density at radius 3 is 2.64 bits per heavy atom. The largest absolute Gasteiger partial charge is 0.465 e. The number of para-hydroxylation sites is 2. The van der Waals surface area contributed by atoms with Gasteiger partial charge in [-0.15, -0.1) is 0 Å². The van der Waals surface area contributed by atoms with Crippen LogP contribution >= 0.6 is 11.8 Å². The summed E-state index contributed by atoms with van der Waals surface area (Å²) in [5, 5.41) is 4.32. The van der Waals surface area contributed by atoms with Gasteiger partial charge in [0, 0.05) is 5.75 Å². The molecule has 1 N–H and O–H groups in total. The predicted octanol–water partition coefficient (Wildman–Crippen LogP) is 5.74. The molecule has 1 aliphatic rings. The highest BCUT2D eigenvalue weighted by Crippen LogP contribution is 2.28. The molecular formula is C28H43N3O4S. The average molecular weight is 518 g/mol. The summed E-state index contributed by atoms with van der Waals surface area (Å²) in [5.74, 6) is 0.819. The molecule has 7 nitrogen and oxygen atoms in total. The lowest BCUT2D eigenvalue weighted by molar-refractivity contribution is -0.155. The number of benzene rings is 1. The van der Waals surface area contributed by atoms with Crippen LogP contribution in [0.5, 0.6) is 0 Å². The predicted molar refractivity (Wildman–Crippen MR) is 145 cm³/mol. The van der Waals surface area contributed by atoms with Crippen LogP contribution in [0.2, 0.25) is 0 Å². The highest BCUT2D eigenvalue weighted by atomic mass is 32.2. The minimum absolute atomic E-state index is 0.0952. The first-order valence-corrected chi connectivity index (χ1v) is 14.5. The van der Waals surface area contributed by atoms with Crippen molar-refractivity contribution in [2.75, 3.05) is 18.9 Å². The van der Waals surface area contributed by atoms with E-state index in [1.54, 1.807) is 11.8 Å². The molecule has 1 aromatic carbocycles. The SMILES string of the molecule is CCCCOC(=O)C(NCCCSc1nc2ccccc2n1CC(=O)OC(C)(C)C)C1CCCCC1. The first kappa shape index (κ1) is 28.5. The van der Waals surface area contributed by atoms with Crippen LogP contribution in [0.25, 0.3) is 11.0 Å². The van der Waals surface area contributed by atoms with Crippen molar-refractivity contribution in [1.82, 2.24) is 14.9 Å². The summed E-state index contributed by atoms with van der Waals surface area (Å²) >= 11 is 1.63. The van der Waals surface area contributed by atoms with Gasteiger partial charge in [0.15, 0.2) is 5.16 Å². The zero-order valence-electron chi connectivity index (χ0n) is 22.4. The van der Waals surface area contributed by atoms with Gasteiger partial charge in [0.1, 0.15) is 18.2 Å². The highest BCUT2D eigenvalue weighted by molar-refractivity contribution is 7.99. The fourth-order valence-electron chi connectivity index (χ4n) is 4.63. The topological polar surface area (TPSA) is 82.5 Å². The maximum Gasteiger partial charge on any atom is 0.326 e. The van der Waals surface area contributed by atoms with E-state index in [2.05, 4.69) is 12.2 Å². The average Bonchev–Trinajstić information content (AvgIpc) is 3.18. The summed E-state index contributed by atoms with van der Waals surface area (Å²) in [7, 11) is 0. The number of imidazole rings is 1. The van der Waals surface area contributed by atoms with Gasteiger partial charge < -0.3 is 19.4 Å². The lowest BCUT2D eigenvalue weighted by Crippen LogP contribution is -2.45. The molecule has 1 unspecified atom stereocenters. The maximum atomic E-state index is 12.8. The number of thioether (sulfide) groups is 1. The second-order valence-electron chi connectivity index (χ2n) is 10.6. The summed E-state index contributed by atoms with van der Waals surface area (Å²) in [6.07, 6.45) is 8.62. The second kappa shape index (κ2) is 14.0. The third-order valence-electron chi connectivity index (χ3n) is 6.36. The van der Waals surface area contributed by atoms with Crippen LogP contribution in [0, 0.1) is 5.92 Å². The molecule has 2 aromatic rings. The van der Waals surface area contributed by atoms with Crippen LogP contribution in [-0.4, -0.2) is 52.0 Å². The van der Waals surface area contributed by atoms with Gasteiger partial charge in [0.2, 0.25) is 0 Å². The number of nitrogens with zero attached hydrogens (tertiary/aromatic N) is 2. The Kier molecular flexibility index (Phi) is 11.1. The van der Waals surface area contributed by atoms with Crippen molar-refractivity contribution in [3.8, 4) is 0 Å². The Morgan fingerprint density at radius 1 is 1.17 bits per heavy atom. The molecule has 0 amide bonds. The van der Waals surface area contributed by atoms with Crippen LogP contribution in [-0.2, 0) is 25.6 Å². The molecule has 1 atom stereocenters. The standard InChI is InChI=1S/C28H43N3O4S/c1-5-6-18-34-26(33)25(21-13-8-7-9-14-21)29-17-12-19-36-27-30-22-15-10-11-16-23(22)31(27)20-24(32)35-28(2,3)4/h10-11,15-16,21,25,29H,5-9,12-14,17-20H2,1-4H3. The van der Waals surface area contributed by atoms with Crippen LogP contribution in [0.1, 0.15) is 79.1 Å². The number of ether oxygens (including phenoxy) is 2. The van der Waals surface area contributed by atoms with E-state index in [1.165, 1.54) is 19.3 Å². The van der Waals surface area contributed by atoms with Crippen LogP contribution in [0.4, 0.5) is 0 Å². The number of fused-ring (bicyclic) bond motifs is 1. The molecule has 1 fully saturated rings. The Balaban J connectivity index is 1.57. The molecule has 1 aromatic heterocycles. The van der Waals surface area contributed by atoms with Crippen molar-refractivity contribution in [1.29, 1.82) is 0 Å². The van der Waals surface area contributed by atoms with Gasteiger partial charge in [-0.2, -0.15) is 0 Å². The van der Waals surface area contributed by atoms with E-state index in [4.69, 9.17) is 14.5 Å². The van der Waals surface area contributed by atoms with Crippen molar-refractivity contribution in [2.24, 2.45) is 5.92 Å². The van der Waals surface area contributed by atoms with E-state index in [9.17, 15) is 9.59 Å². The maximum absolute atomic E-state index is 12.8. The van der Waals surface area contributed by atoms with Crippen molar-refractivity contribution >= 4 is 34.7 Å². The highest BCUT2D eigenvalue weighted by Gasteiger charge is 2.30. The smallest absolute Gasteiger partial charge is 0.326 e. The Labute approximate surface area is 220 Å². The fraction of sp³-hybridized carbons (Fsp3) is 0.679. The molecule has 0 radical (unpaired) electrons. The van der Waals surface area contributed by atoms with Gasteiger partial charge in [0.25, 0.3) is 0 Å². The lowest BCUT2D eigenvalue weighted by Gasteiger charge is -2.29. The van der Waals surface area contributed by atoms with Crippen molar-refractivity contribution < 1.29 is 19.1 Å². The van der Waals surface area contributed by atoms with Gasteiger partial charge in [-0.3, -0.25) is 9.59 Å². The zero-order chi connectivity index (χ0) is 26.0. The number of carbonyl (C=O) groups excluding carboxylic acids is 2. The summed E-state index contributed by atoms with van der Waals surface area (Å²) in [4.78, 5) is 30.1. The summed E-state index contributed by atoms with van der Waals surface area (Å²) in [6.45, 7) is 9.10. The van der Waals surface area contributed by atoms with Crippen LogP contribution in [0.3, 0.4) is 0 Å². The molecule has 8 heteroatoms. The fourth-order valence-corrected chi connectivity index (χ4v) is 5.58. The van der Waals surface area contributed by atoms with E-state index in [1.807, 2.05) is 49.6 Å². The second-order valence-corrected chi connectivity index (χ2v) is 11.7. The van der Waals surface area contributed by atoms with E-state index in [-0.39, 0.29) is 24.5 Å². The van der Waals surface area contributed by atoms with E-state index in [0.717, 1.165) is 60.6 Å². The molecule has 200 valence electrons. The van der Waals surface area contributed by atoms with Crippen molar-refractivity contribution in [3.05, 3.63) is 24.3 Å². The van der Waals surface area contributed by atoms with E-state index < -0.39 is 5.60 Å². The van der Waals surface area contributed by atoms with Gasteiger partial charge in [-0.25, -0.2) is 4.98 Å². The minimum Gasteiger partial charge on any atom is -0.465 e. The Hall–Kier alpha value is -2.06. The monoisotopic (exact) mass is 517 g/mol. The number of esters is 2. The summed E-state index contributed by atoms with van der Waals surface area (Å²) < 4.78 is 13.1. The normalized spacial score (nSPS) is 15.7. The third kappa shape index (κ3) is 8.80. The van der Waals surface area contributed by atoms with Gasteiger partial charge in [-0.1, -0.05) is 56.5 Å². The Bertz CT molecular complexity index is 979. The van der Waals surface area contributed by atoms with Crippen molar-refractivity contribution in [2.45, 2.75) is 102 Å². The van der Waals surface area contributed by atoms with Crippen LogP contribution in [0.15, 0.2) is 29.4 Å². The number of carbonyl (C=O) groups is 2. The number of aromatic nitrogens is 2. The molecule has 0 aliphatic heterocycles. The molecule has 1 saturated carbocycles. The molecule has 0 spiro atoms. The van der Waals surface area contributed by atoms with Gasteiger partial charge in [-0.05, 0) is 71.0 Å². The summed E-state index contributed by atoms with van der Waals surface area (Å²) in [6, 6.07) is 7.64. The molecule has 1 heterocycles.